The molecule has 1 aromatic carbocycles. The van der Waals surface area contributed by atoms with Crippen molar-refractivity contribution in [3.63, 3.8) is 0 Å². The number of hydrogen-bond acceptors (Lipinski definition) is 4. The first-order chi connectivity index (χ1) is 8.90. The molecule has 0 amide bonds. The molecule has 0 unspecified atom stereocenters. The number of benzene rings is 1. The number of aromatic nitrogens is 1. The first-order valence-electron chi connectivity index (χ1n) is 6.06. The van der Waals surface area contributed by atoms with E-state index >= 15 is 0 Å². The third-order valence-corrected chi connectivity index (χ3v) is 3.55. The van der Waals surface area contributed by atoms with Crippen LogP contribution in [0.1, 0.15) is 37.9 Å². The SMILES string of the molecule is Cc1ccc(Sc2oc(C(C)(C)C)nc2C#N)cc1. The average molecular weight is 272 g/mol. The van der Waals surface area contributed by atoms with Gasteiger partial charge >= 0.3 is 0 Å². The Balaban J connectivity index is 2.32. The van der Waals surface area contributed by atoms with Crippen molar-refractivity contribution in [1.82, 2.24) is 4.98 Å². The summed E-state index contributed by atoms with van der Waals surface area (Å²) >= 11 is 1.43. The van der Waals surface area contributed by atoms with Gasteiger partial charge in [0, 0.05) is 10.3 Å². The van der Waals surface area contributed by atoms with Gasteiger partial charge < -0.3 is 4.42 Å². The van der Waals surface area contributed by atoms with Gasteiger partial charge in [-0.25, -0.2) is 4.98 Å². The minimum atomic E-state index is -0.197. The Labute approximate surface area is 117 Å². The second kappa shape index (κ2) is 5.10. The van der Waals surface area contributed by atoms with Gasteiger partial charge in [-0.05, 0) is 30.8 Å². The van der Waals surface area contributed by atoms with E-state index in [2.05, 4.69) is 11.1 Å². The predicted molar refractivity (Wildman–Crippen MR) is 75.2 cm³/mol. The van der Waals surface area contributed by atoms with Crippen molar-refractivity contribution in [3.8, 4) is 6.07 Å². The molecule has 3 nitrogen and oxygen atoms in total. The molecule has 0 bridgehead atoms. The van der Waals surface area contributed by atoms with E-state index in [0.29, 0.717) is 16.7 Å². The zero-order valence-corrected chi connectivity index (χ0v) is 12.3. The maximum absolute atomic E-state index is 9.13. The van der Waals surface area contributed by atoms with E-state index in [4.69, 9.17) is 9.68 Å². The topological polar surface area (TPSA) is 49.8 Å². The largest absolute Gasteiger partial charge is 0.432 e. The molecule has 0 saturated heterocycles. The summed E-state index contributed by atoms with van der Waals surface area (Å²) in [7, 11) is 0. The Hall–Kier alpha value is -1.73. The Morgan fingerprint density at radius 1 is 1.21 bits per heavy atom. The summed E-state index contributed by atoms with van der Waals surface area (Å²) in [5.41, 5.74) is 1.37. The lowest BCUT2D eigenvalue weighted by Gasteiger charge is -2.11. The summed E-state index contributed by atoms with van der Waals surface area (Å²) in [6.45, 7) is 8.09. The fraction of sp³-hybridized carbons (Fsp3) is 0.333. The quantitative estimate of drug-likeness (QED) is 0.817. The summed E-state index contributed by atoms with van der Waals surface area (Å²) in [6, 6.07) is 10.2. The maximum atomic E-state index is 9.13. The Kier molecular flexibility index (Phi) is 3.68. The van der Waals surface area contributed by atoms with Crippen LogP contribution in [0.3, 0.4) is 0 Å². The molecule has 0 spiro atoms. The number of aryl methyl sites for hydroxylation is 1. The van der Waals surface area contributed by atoms with Crippen LogP contribution >= 0.6 is 11.8 Å². The number of nitriles is 1. The van der Waals surface area contributed by atoms with Crippen LogP contribution in [-0.4, -0.2) is 4.98 Å². The molecule has 0 radical (unpaired) electrons. The van der Waals surface area contributed by atoms with Crippen LogP contribution < -0.4 is 0 Å². The van der Waals surface area contributed by atoms with Crippen molar-refractivity contribution in [2.24, 2.45) is 0 Å². The van der Waals surface area contributed by atoms with Crippen molar-refractivity contribution in [2.45, 2.75) is 43.1 Å². The van der Waals surface area contributed by atoms with E-state index in [1.54, 1.807) is 0 Å². The molecular formula is C15H16N2OS. The lowest BCUT2D eigenvalue weighted by Crippen LogP contribution is -2.11. The first-order valence-corrected chi connectivity index (χ1v) is 6.88. The number of rotatable bonds is 2. The average Bonchev–Trinajstić information content (AvgIpc) is 2.75. The maximum Gasteiger partial charge on any atom is 0.203 e. The summed E-state index contributed by atoms with van der Waals surface area (Å²) in [5, 5.41) is 9.70. The minimum Gasteiger partial charge on any atom is -0.432 e. The van der Waals surface area contributed by atoms with Crippen LogP contribution in [0.4, 0.5) is 0 Å². The summed E-state index contributed by atoms with van der Waals surface area (Å²) in [4.78, 5) is 5.31. The molecule has 0 aliphatic carbocycles. The molecule has 1 aromatic heterocycles. The monoisotopic (exact) mass is 272 g/mol. The highest BCUT2D eigenvalue weighted by molar-refractivity contribution is 7.99. The summed E-state index contributed by atoms with van der Waals surface area (Å²) in [5.74, 6) is 0.596. The van der Waals surface area contributed by atoms with Crippen LogP contribution in [0.25, 0.3) is 0 Å². The van der Waals surface area contributed by atoms with E-state index in [-0.39, 0.29) is 5.41 Å². The molecule has 0 atom stereocenters. The zero-order chi connectivity index (χ0) is 14.0. The second-order valence-electron chi connectivity index (χ2n) is 5.43. The molecule has 98 valence electrons. The van der Waals surface area contributed by atoms with Crippen LogP contribution in [0.15, 0.2) is 38.7 Å². The Bertz CT molecular complexity index is 615. The van der Waals surface area contributed by atoms with Crippen molar-refractivity contribution >= 4 is 11.8 Å². The van der Waals surface area contributed by atoms with E-state index in [9.17, 15) is 0 Å². The third kappa shape index (κ3) is 3.18. The number of nitrogens with zero attached hydrogens (tertiary/aromatic N) is 2. The van der Waals surface area contributed by atoms with Gasteiger partial charge in [-0.3, -0.25) is 0 Å². The van der Waals surface area contributed by atoms with Crippen molar-refractivity contribution in [2.75, 3.05) is 0 Å². The van der Waals surface area contributed by atoms with Crippen LogP contribution in [-0.2, 0) is 5.41 Å². The van der Waals surface area contributed by atoms with E-state index in [1.165, 1.54) is 17.3 Å². The van der Waals surface area contributed by atoms with Gasteiger partial charge in [0.1, 0.15) is 6.07 Å². The van der Waals surface area contributed by atoms with Gasteiger partial charge in [0.15, 0.2) is 5.69 Å². The fourth-order valence-corrected chi connectivity index (χ4v) is 2.27. The van der Waals surface area contributed by atoms with Gasteiger partial charge in [-0.1, -0.05) is 38.5 Å². The minimum absolute atomic E-state index is 0.197. The second-order valence-corrected chi connectivity index (χ2v) is 6.48. The van der Waals surface area contributed by atoms with Crippen LogP contribution in [0, 0.1) is 18.3 Å². The zero-order valence-electron chi connectivity index (χ0n) is 11.5. The molecule has 19 heavy (non-hydrogen) atoms. The molecule has 2 aromatic rings. The lowest BCUT2D eigenvalue weighted by molar-refractivity contribution is 0.350. The first kappa shape index (κ1) is 13.7. The molecule has 0 aliphatic heterocycles. The Morgan fingerprint density at radius 3 is 2.37 bits per heavy atom. The molecular weight excluding hydrogens is 256 g/mol. The molecule has 0 aliphatic rings. The molecule has 1 heterocycles. The van der Waals surface area contributed by atoms with Crippen molar-refractivity contribution in [1.29, 1.82) is 5.26 Å². The predicted octanol–water partition coefficient (Wildman–Crippen LogP) is 4.30. The van der Waals surface area contributed by atoms with Gasteiger partial charge in [0.25, 0.3) is 0 Å². The molecule has 2 rings (SSSR count). The highest BCUT2D eigenvalue weighted by atomic mass is 32.2. The van der Waals surface area contributed by atoms with Gasteiger partial charge in [-0.15, -0.1) is 0 Å². The highest BCUT2D eigenvalue weighted by Crippen LogP contribution is 2.34. The highest BCUT2D eigenvalue weighted by Gasteiger charge is 2.24. The molecule has 0 fully saturated rings. The molecule has 4 heteroatoms. The standard InChI is InChI=1S/C15H16N2OS/c1-10-5-7-11(8-6-10)19-13-12(9-16)17-14(18-13)15(2,3)4/h5-8H,1-4H3. The van der Waals surface area contributed by atoms with Gasteiger partial charge in [-0.2, -0.15) is 5.26 Å². The van der Waals surface area contributed by atoms with Crippen LogP contribution in [0.5, 0.6) is 0 Å². The normalized spacial score (nSPS) is 11.3. The number of hydrogen-bond donors (Lipinski definition) is 0. The van der Waals surface area contributed by atoms with E-state index in [1.807, 2.05) is 52.0 Å². The van der Waals surface area contributed by atoms with Gasteiger partial charge in [0.05, 0.1) is 0 Å². The summed E-state index contributed by atoms with van der Waals surface area (Å²) in [6.07, 6.45) is 0. The van der Waals surface area contributed by atoms with Crippen molar-refractivity contribution in [3.05, 3.63) is 41.4 Å². The van der Waals surface area contributed by atoms with Crippen molar-refractivity contribution < 1.29 is 4.42 Å². The fourth-order valence-electron chi connectivity index (χ4n) is 1.48. The van der Waals surface area contributed by atoms with E-state index < -0.39 is 0 Å². The Morgan fingerprint density at radius 2 is 1.84 bits per heavy atom. The number of oxazole rings is 1. The summed E-state index contributed by atoms with van der Waals surface area (Å²) < 4.78 is 5.73. The smallest absolute Gasteiger partial charge is 0.203 e. The van der Waals surface area contributed by atoms with Gasteiger partial charge in [0.2, 0.25) is 11.0 Å². The lowest BCUT2D eigenvalue weighted by atomic mass is 9.97. The van der Waals surface area contributed by atoms with Crippen LogP contribution in [0.2, 0.25) is 0 Å². The third-order valence-electron chi connectivity index (χ3n) is 2.58. The van der Waals surface area contributed by atoms with E-state index in [0.717, 1.165) is 4.90 Å². The molecule has 0 N–H and O–H groups in total. The molecule has 0 saturated carbocycles.